The Kier molecular flexibility index (Phi) is 6.17. The van der Waals surface area contributed by atoms with Gasteiger partial charge >= 0.3 is 0 Å². The zero-order valence-corrected chi connectivity index (χ0v) is 16.8. The molecule has 1 aliphatic heterocycles. The summed E-state index contributed by atoms with van der Waals surface area (Å²) in [5.41, 5.74) is 0.965. The van der Waals surface area contributed by atoms with Crippen molar-refractivity contribution in [2.24, 2.45) is 5.92 Å². The van der Waals surface area contributed by atoms with Gasteiger partial charge in [-0.05, 0) is 43.5 Å². The first-order valence-electron chi connectivity index (χ1n) is 10.7. The number of hydrogen-bond acceptors (Lipinski definition) is 5. The second kappa shape index (κ2) is 9.16. The number of ketones is 1. The molecular weight excluding hydrogens is 364 g/mol. The van der Waals surface area contributed by atoms with Crippen LogP contribution < -0.4 is 4.90 Å². The average molecular weight is 393 g/mol. The highest BCUT2D eigenvalue weighted by Crippen LogP contribution is 2.26. The Balaban J connectivity index is 1.43. The maximum atomic E-state index is 12.9. The lowest BCUT2D eigenvalue weighted by atomic mass is 9.88. The molecule has 6 nitrogen and oxygen atoms in total. The van der Waals surface area contributed by atoms with E-state index in [1.165, 1.54) is 19.3 Å². The van der Waals surface area contributed by atoms with Crippen LogP contribution in [0.15, 0.2) is 42.7 Å². The molecule has 0 N–H and O–H groups in total. The third kappa shape index (κ3) is 4.63. The summed E-state index contributed by atoms with van der Waals surface area (Å²) >= 11 is 0. The van der Waals surface area contributed by atoms with Crippen molar-refractivity contribution in [3.05, 3.63) is 54.0 Å². The number of carbonyl (C=O) groups is 2. The number of carbonyl (C=O) groups excluding carboxylic acids is 2. The first-order chi connectivity index (χ1) is 14.2. The summed E-state index contributed by atoms with van der Waals surface area (Å²) in [6, 6.07) is 9.07. The van der Waals surface area contributed by atoms with Crippen molar-refractivity contribution in [1.82, 2.24) is 14.9 Å². The maximum absolute atomic E-state index is 12.9. The van der Waals surface area contributed by atoms with E-state index in [2.05, 4.69) is 14.9 Å². The molecule has 0 aromatic carbocycles. The van der Waals surface area contributed by atoms with Crippen LogP contribution in [0.5, 0.6) is 0 Å². The molecule has 0 radical (unpaired) electrons. The molecule has 0 atom stereocenters. The van der Waals surface area contributed by atoms with E-state index in [1.807, 2.05) is 17.0 Å². The van der Waals surface area contributed by atoms with E-state index in [4.69, 9.17) is 0 Å². The Morgan fingerprint density at radius 3 is 2.55 bits per heavy atom. The number of amides is 1. The standard InChI is InChI=1S/C23H28N4O2/c28-22(19-9-5-12-24-17-19)20-10-4-11-21(25-20)26-13-6-14-27(16-15-26)23(29)18-7-2-1-3-8-18/h4-5,9-12,17-18H,1-3,6-8,13-16H2. The SMILES string of the molecule is O=C(c1cccnc1)c1cccc(N2CCCN(C(=O)C3CCCCC3)CC2)n1. The lowest BCUT2D eigenvalue weighted by Gasteiger charge is -2.28. The quantitative estimate of drug-likeness (QED) is 0.747. The van der Waals surface area contributed by atoms with Crippen LogP contribution in [-0.2, 0) is 4.79 Å². The molecule has 4 rings (SSSR count). The predicted octanol–water partition coefficient (Wildman–Crippen LogP) is 3.33. The van der Waals surface area contributed by atoms with Crippen LogP contribution >= 0.6 is 0 Å². The summed E-state index contributed by atoms with van der Waals surface area (Å²) in [6.45, 7) is 3.11. The lowest BCUT2D eigenvalue weighted by molar-refractivity contribution is -0.136. The van der Waals surface area contributed by atoms with Crippen molar-refractivity contribution in [3.63, 3.8) is 0 Å². The lowest BCUT2D eigenvalue weighted by Crippen LogP contribution is -2.39. The zero-order chi connectivity index (χ0) is 20.1. The summed E-state index contributed by atoms with van der Waals surface area (Å²) in [5.74, 6) is 1.23. The van der Waals surface area contributed by atoms with Crippen LogP contribution in [0.3, 0.4) is 0 Å². The molecule has 1 saturated heterocycles. The maximum Gasteiger partial charge on any atom is 0.225 e. The van der Waals surface area contributed by atoms with Gasteiger partial charge in [-0.25, -0.2) is 4.98 Å². The average Bonchev–Trinajstić information content (AvgIpc) is 3.06. The van der Waals surface area contributed by atoms with Crippen LogP contribution in [0.4, 0.5) is 5.82 Å². The largest absolute Gasteiger partial charge is 0.355 e. The summed E-state index contributed by atoms with van der Waals surface area (Å²) in [6.07, 6.45) is 9.84. The number of anilines is 1. The first-order valence-corrected chi connectivity index (χ1v) is 10.7. The van der Waals surface area contributed by atoms with Gasteiger partial charge in [-0.15, -0.1) is 0 Å². The van der Waals surface area contributed by atoms with Gasteiger partial charge in [0.15, 0.2) is 0 Å². The van der Waals surface area contributed by atoms with Gasteiger partial charge in [0.2, 0.25) is 11.7 Å². The number of hydrogen-bond donors (Lipinski definition) is 0. The van der Waals surface area contributed by atoms with Gasteiger partial charge in [0.05, 0.1) is 0 Å². The van der Waals surface area contributed by atoms with Crippen molar-refractivity contribution in [2.75, 3.05) is 31.1 Å². The van der Waals surface area contributed by atoms with Crippen LogP contribution in [-0.4, -0.2) is 52.7 Å². The predicted molar refractivity (Wildman–Crippen MR) is 112 cm³/mol. The Morgan fingerprint density at radius 1 is 0.897 bits per heavy atom. The molecule has 29 heavy (non-hydrogen) atoms. The minimum Gasteiger partial charge on any atom is -0.355 e. The molecule has 0 spiro atoms. The van der Waals surface area contributed by atoms with Crippen LogP contribution in [0, 0.1) is 5.92 Å². The smallest absolute Gasteiger partial charge is 0.225 e. The van der Waals surface area contributed by atoms with Crippen molar-refractivity contribution < 1.29 is 9.59 Å². The molecule has 2 aliphatic rings. The molecule has 1 amide bonds. The Bertz CT molecular complexity index is 849. The van der Waals surface area contributed by atoms with E-state index in [0.717, 1.165) is 51.3 Å². The van der Waals surface area contributed by atoms with E-state index < -0.39 is 0 Å². The van der Waals surface area contributed by atoms with Gasteiger partial charge in [-0.3, -0.25) is 14.6 Å². The van der Waals surface area contributed by atoms with E-state index >= 15 is 0 Å². The molecular formula is C23H28N4O2. The molecule has 3 heterocycles. The fraction of sp³-hybridized carbons (Fsp3) is 0.478. The number of pyridine rings is 2. The molecule has 6 heteroatoms. The minimum absolute atomic E-state index is 0.121. The van der Waals surface area contributed by atoms with Gasteiger partial charge in [0.1, 0.15) is 11.5 Å². The monoisotopic (exact) mass is 392 g/mol. The second-order valence-corrected chi connectivity index (χ2v) is 7.95. The topological polar surface area (TPSA) is 66.4 Å². The molecule has 0 bridgehead atoms. The highest BCUT2D eigenvalue weighted by atomic mass is 16.2. The number of aromatic nitrogens is 2. The van der Waals surface area contributed by atoms with Crippen LogP contribution in [0.2, 0.25) is 0 Å². The fourth-order valence-electron chi connectivity index (χ4n) is 4.35. The van der Waals surface area contributed by atoms with Crippen molar-refractivity contribution in [2.45, 2.75) is 38.5 Å². The van der Waals surface area contributed by atoms with E-state index in [1.54, 1.807) is 30.6 Å². The highest BCUT2D eigenvalue weighted by molar-refractivity contribution is 6.07. The zero-order valence-electron chi connectivity index (χ0n) is 16.8. The summed E-state index contributed by atoms with van der Waals surface area (Å²) in [4.78, 5) is 38.5. The summed E-state index contributed by atoms with van der Waals surface area (Å²) < 4.78 is 0. The van der Waals surface area contributed by atoms with Crippen LogP contribution in [0.25, 0.3) is 0 Å². The van der Waals surface area contributed by atoms with Gasteiger partial charge < -0.3 is 9.80 Å². The summed E-state index contributed by atoms with van der Waals surface area (Å²) in [7, 11) is 0. The van der Waals surface area contributed by atoms with E-state index in [9.17, 15) is 9.59 Å². The van der Waals surface area contributed by atoms with Crippen LogP contribution in [0.1, 0.15) is 54.6 Å². The van der Waals surface area contributed by atoms with Crippen molar-refractivity contribution in [3.8, 4) is 0 Å². The second-order valence-electron chi connectivity index (χ2n) is 7.95. The molecule has 2 fully saturated rings. The fourth-order valence-corrected chi connectivity index (χ4v) is 4.35. The molecule has 2 aromatic heterocycles. The number of rotatable bonds is 4. The highest BCUT2D eigenvalue weighted by Gasteiger charge is 2.27. The molecule has 1 saturated carbocycles. The third-order valence-electron chi connectivity index (χ3n) is 5.98. The Hall–Kier alpha value is -2.76. The van der Waals surface area contributed by atoms with Gasteiger partial charge in [-0.2, -0.15) is 0 Å². The van der Waals surface area contributed by atoms with Crippen molar-refractivity contribution in [1.29, 1.82) is 0 Å². The minimum atomic E-state index is -0.121. The Labute approximate surface area is 172 Å². The van der Waals surface area contributed by atoms with E-state index in [0.29, 0.717) is 17.2 Å². The molecule has 152 valence electrons. The third-order valence-corrected chi connectivity index (χ3v) is 5.98. The van der Waals surface area contributed by atoms with Gasteiger partial charge in [-0.1, -0.05) is 25.3 Å². The molecule has 2 aromatic rings. The molecule has 1 aliphatic carbocycles. The first kappa shape index (κ1) is 19.6. The summed E-state index contributed by atoms with van der Waals surface area (Å²) in [5, 5.41) is 0. The Morgan fingerprint density at radius 2 is 1.76 bits per heavy atom. The van der Waals surface area contributed by atoms with Crippen molar-refractivity contribution >= 4 is 17.5 Å². The molecule has 0 unspecified atom stereocenters. The number of nitrogens with zero attached hydrogens (tertiary/aromatic N) is 4. The van der Waals surface area contributed by atoms with Gasteiger partial charge in [0, 0.05) is 50.1 Å². The van der Waals surface area contributed by atoms with E-state index in [-0.39, 0.29) is 11.7 Å². The van der Waals surface area contributed by atoms with Gasteiger partial charge in [0.25, 0.3) is 0 Å². The normalized spacial score (nSPS) is 18.3.